The van der Waals surface area contributed by atoms with Gasteiger partial charge in [-0.05, 0) is 54.4 Å². The van der Waals surface area contributed by atoms with Gasteiger partial charge in [-0.15, -0.1) is 0 Å². The van der Waals surface area contributed by atoms with Gasteiger partial charge in [0.25, 0.3) is 0 Å². The van der Waals surface area contributed by atoms with E-state index in [-0.39, 0.29) is 17.2 Å². The maximum Gasteiger partial charge on any atom is 0.123 e. The van der Waals surface area contributed by atoms with Gasteiger partial charge in [0, 0.05) is 6.42 Å². The summed E-state index contributed by atoms with van der Waals surface area (Å²) in [5, 5.41) is 10.8. The Balaban J connectivity index is 2.23. The summed E-state index contributed by atoms with van der Waals surface area (Å²) in [6.45, 7) is 8.44. The first-order chi connectivity index (χ1) is 8.22. The van der Waals surface area contributed by atoms with Crippen LogP contribution in [0.1, 0.15) is 44.7 Å². The first-order valence-corrected chi connectivity index (χ1v) is 6.69. The Kier molecular flexibility index (Phi) is 3.26. The fourth-order valence-corrected chi connectivity index (χ4v) is 3.52. The van der Waals surface area contributed by atoms with E-state index in [1.807, 2.05) is 6.92 Å². The second-order valence-electron chi connectivity index (χ2n) is 6.80. The van der Waals surface area contributed by atoms with Crippen LogP contribution in [0.15, 0.2) is 18.2 Å². The van der Waals surface area contributed by atoms with Crippen LogP contribution in [0.5, 0.6) is 0 Å². The molecule has 0 saturated heterocycles. The van der Waals surface area contributed by atoms with Crippen molar-refractivity contribution >= 4 is 0 Å². The number of hydrogen-bond donors (Lipinski definition) is 1. The van der Waals surface area contributed by atoms with Gasteiger partial charge in [-0.2, -0.15) is 0 Å². The molecule has 0 aromatic heterocycles. The van der Waals surface area contributed by atoms with Gasteiger partial charge < -0.3 is 5.11 Å². The van der Waals surface area contributed by atoms with E-state index in [1.54, 1.807) is 12.1 Å². The first-order valence-electron chi connectivity index (χ1n) is 6.69. The van der Waals surface area contributed by atoms with Crippen molar-refractivity contribution in [1.29, 1.82) is 0 Å². The maximum atomic E-state index is 13.1. The molecule has 1 aliphatic carbocycles. The van der Waals surface area contributed by atoms with Gasteiger partial charge in [0.1, 0.15) is 5.82 Å². The lowest BCUT2D eigenvalue weighted by Gasteiger charge is -2.29. The minimum absolute atomic E-state index is 0.197. The second-order valence-corrected chi connectivity index (χ2v) is 6.80. The normalized spacial score (nSPS) is 30.7. The molecule has 1 N–H and O–H groups in total. The van der Waals surface area contributed by atoms with Crippen LogP contribution in [0.3, 0.4) is 0 Å². The van der Waals surface area contributed by atoms with E-state index >= 15 is 0 Å². The van der Waals surface area contributed by atoms with E-state index in [0.717, 1.165) is 24.0 Å². The molecule has 1 aliphatic rings. The third-order valence-electron chi connectivity index (χ3n) is 4.36. The van der Waals surface area contributed by atoms with Gasteiger partial charge in [0.15, 0.2) is 0 Å². The Labute approximate surface area is 109 Å². The largest absolute Gasteiger partial charge is 0.389 e. The molecular weight excluding hydrogens is 227 g/mol. The predicted octanol–water partition coefficient (Wildman–Crippen LogP) is 3.86. The Bertz CT molecular complexity index is 452. The van der Waals surface area contributed by atoms with Crippen LogP contribution in [0, 0.1) is 24.1 Å². The molecule has 2 unspecified atom stereocenters. The molecule has 0 aliphatic heterocycles. The average Bonchev–Trinajstić information content (AvgIpc) is 2.40. The molecule has 1 fully saturated rings. The summed E-state index contributed by atoms with van der Waals surface area (Å²) in [6.07, 6.45) is 2.49. The zero-order valence-electron chi connectivity index (χ0n) is 11.8. The maximum absolute atomic E-state index is 13.1. The van der Waals surface area contributed by atoms with Crippen molar-refractivity contribution in [1.82, 2.24) is 0 Å². The van der Waals surface area contributed by atoms with Gasteiger partial charge in [-0.1, -0.05) is 26.8 Å². The minimum Gasteiger partial charge on any atom is -0.389 e. The summed E-state index contributed by atoms with van der Waals surface area (Å²) in [5.41, 5.74) is 1.54. The van der Waals surface area contributed by atoms with Gasteiger partial charge in [-0.3, -0.25) is 0 Å². The third-order valence-corrected chi connectivity index (χ3v) is 4.36. The lowest BCUT2D eigenvalue weighted by Crippen LogP contribution is -2.35. The highest BCUT2D eigenvalue weighted by molar-refractivity contribution is 5.28. The average molecular weight is 250 g/mol. The van der Waals surface area contributed by atoms with Crippen molar-refractivity contribution in [3.8, 4) is 0 Å². The molecule has 2 rings (SSSR count). The summed E-state index contributed by atoms with van der Waals surface area (Å²) < 4.78 is 13.1. The molecular formula is C16H23FO. The Morgan fingerprint density at radius 3 is 2.56 bits per heavy atom. The van der Waals surface area contributed by atoms with Gasteiger partial charge in [0.05, 0.1) is 5.60 Å². The van der Waals surface area contributed by atoms with Gasteiger partial charge in [-0.25, -0.2) is 4.39 Å². The lowest BCUT2D eigenvalue weighted by atomic mass is 9.83. The van der Waals surface area contributed by atoms with Crippen molar-refractivity contribution in [2.45, 2.75) is 52.6 Å². The number of halogens is 1. The molecule has 1 nitrogen and oxygen atoms in total. The van der Waals surface area contributed by atoms with E-state index in [0.29, 0.717) is 6.42 Å². The molecule has 1 saturated carbocycles. The minimum atomic E-state index is -0.647. The molecule has 18 heavy (non-hydrogen) atoms. The summed E-state index contributed by atoms with van der Waals surface area (Å²) in [6, 6.07) is 4.83. The third kappa shape index (κ3) is 2.59. The number of hydrogen-bond acceptors (Lipinski definition) is 1. The highest BCUT2D eigenvalue weighted by Crippen LogP contribution is 2.48. The van der Waals surface area contributed by atoms with E-state index in [9.17, 15) is 9.50 Å². The Hall–Kier alpha value is -0.890. The number of rotatable bonds is 2. The fraction of sp³-hybridized carbons (Fsp3) is 0.625. The molecule has 0 bridgehead atoms. The zero-order valence-corrected chi connectivity index (χ0v) is 11.8. The Morgan fingerprint density at radius 1 is 1.39 bits per heavy atom. The zero-order chi connectivity index (χ0) is 13.6. The number of aliphatic hydroxyl groups is 1. The monoisotopic (exact) mass is 250 g/mol. The highest BCUT2D eigenvalue weighted by atomic mass is 19.1. The fourth-order valence-electron chi connectivity index (χ4n) is 3.52. The van der Waals surface area contributed by atoms with E-state index in [2.05, 4.69) is 20.8 Å². The molecule has 0 radical (unpaired) electrons. The summed E-state index contributed by atoms with van der Waals surface area (Å²) >= 11 is 0. The van der Waals surface area contributed by atoms with Gasteiger partial charge >= 0.3 is 0 Å². The first kappa shape index (κ1) is 13.5. The molecule has 0 amide bonds. The Morgan fingerprint density at radius 2 is 2.06 bits per heavy atom. The van der Waals surface area contributed by atoms with Crippen molar-refractivity contribution in [2.75, 3.05) is 0 Å². The van der Waals surface area contributed by atoms with E-state index in [4.69, 9.17) is 0 Å². The molecule has 2 atom stereocenters. The lowest BCUT2D eigenvalue weighted by molar-refractivity contribution is 0.00430. The second kappa shape index (κ2) is 4.34. The van der Waals surface area contributed by atoms with Crippen molar-refractivity contribution in [3.63, 3.8) is 0 Å². The van der Waals surface area contributed by atoms with Crippen LogP contribution in [0.2, 0.25) is 0 Å². The molecule has 1 aromatic carbocycles. The van der Waals surface area contributed by atoms with Gasteiger partial charge in [0.2, 0.25) is 0 Å². The van der Waals surface area contributed by atoms with Crippen LogP contribution in [0.25, 0.3) is 0 Å². The standard InChI is InChI=1S/C16H23FO/c1-11-7-14(17)6-5-13(11)9-16(18)10-15(3,4)8-12(16)2/h5-7,12,18H,8-10H2,1-4H3. The number of aryl methyl sites for hydroxylation is 1. The molecule has 1 aromatic rings. The molecule has 100 valence electrons. The summed E-state index contributed by atoms with van der Waals surface area (Å²) in [5.74, 6) is 0.0833. The topological polar surface area (TPSA) is 20.2 Å². The van der Waals surface area contributed by atoms with Crippen LogP contribution in [-0.2, 0) is 6.42 Å². The van der Waals surface area contributed by atoms with Crippen LogP contribution >= 0.6 is 0 Å². The van der Waals surface area contributed by atoms with Crippen LogP contribution in [0.4, 0.5) is 4.39 Å². The van der Waals surface area contributed by atoms with E-state index in [1.165, 1.54) is 6.07 Å². The van der Waals surface area contributed by atoms with Crippen molar-refractivity contribution < 1.29 is 9.50 Å². The summed E-state index contributed by atoms with van der Waals surface area (Å²) in [4.78, 5) is 0. The smallest absolute Gasteiger partial charge is 0.123 e. The van der Waals surface area contributed by atoms with Crippen molar-refractivity contribution in [3.05, 3.63) is 35.1 Å². The predicted molar refractivity (Wildman–Crippen MR) is 72.0 cm³/mol. The number of benzene rings is 1. The highest BCUT2D eigenvalue weighted by Gasteiger charge is 2.47. The van der Waals surface area contributed by atoms with E-state index < -0.39 is 5.60 Å². The van der Waals surface area contributed by atoms with Crippen LogP contribution < -0.4 is 0 Å². The van der Waals surface area contributed by atoms with Crippen molar-refractivity contribution in [2.24, 2.45) is 11.3 Å². The van der Waals surface area contributed by atoms with Crippen LogP contribution in [-0.4, -0.2) is 10.7 Å². The SMILES string of the molecule is Cc1cc(F)ccc1CC1(O)CC(C)(C)CC1C. The quantitative estimate of drug-likeness (QED) is 0.845. The molecule has 0 heterocycles. The molecule has 2 heteroatoms. The summed E-state index contributed by atoms with van der Waals surface area (Å²) in [7, 11) is 0. The molecule has 0 spiro atoms.